The third-order valence-corrected chi connectivity index (χ3v) is 7.54. The molecular weight excluding hydrogens is 418 g/mol. The van der Waals surface area contributed by atoms with Gasteiger partial charge < -0.3 is 9.47 Å². The molecule has 164 valence electrons. The van der Waals surface area contributed by atoms with Gasteiger partial charge in [-0.1, -0.05) is 36.8 Å². The molecule has 0 unspecified atom stereocenters. The third kappa shape index (κ3) is 3.67. The molecule has 0 amide bonds. The van der Waals surface area contributed by atoms with Gasteiger partial charge in [0.2, 0.25) is 0 Å². The van der Waals surface area contributed by atoms with E-state index in [-0.39, 0.29) is 0 Å². The summed E-state index contributed by atoms with van der Waals surface area (Å²) in [5, 5.41) is 12.4. The van der Waals surface area contributed by atoms with Crippen molar-refractivity contribution < 1.29 is 0 Å². The smallest absolute Gasteiger partial charge is 0.147 e. The molecule has 0 N–H and O–H groups in total. The van der Waals surface area contributed by atoms with Crippen molar-refractivity contribution in [3.8, 4) is 11.1 Å². The Morgan fingerprint density at radius 3 is 2.62 bits per heavy atom. The van der Waals surface area contributed by atoms with Crippen LogP contribution in [0.15, 0.2) is 42.0 Å². The molecule has 5 heterocycles. The minimum absolute atomic E-state index is 0.883. The second kappa shape index (κ2) is 8.60. The molecule has 0 atom stereocenters. The number of fused-ring (bicyclic) bond motifs is 2. The summed E-state index contributed by atoms with van der Waals surface area (Å²) in [6, 6.07) is 10.6. The molecule has 8 heteroatoms. The van der Waals surface area contributed by atoms with Crippen LogP contribution in [0.25, 0.3) is 21.3 Å². The largest absolute Gasteiger partial charge is 0.353 e. The zero-order valence-electron chi connectivity index (χ0n) is 18.2. The van der Waals surface area contributed by atoms with Crippen LogP contribution in [0, 0.1) is 0 Å². The highest BCUT2D eigenvalue weighted by molar-refractivity contribution is 7.17. The lowest BCUT2D eigenvalue weighted by Gasteiger charge is -2.35. The van der Waals surface area contributed by atoms with Crippen molar-refractivity contribution in [2.45, 2.75) is 38.8 Å². The Labute approximate surface area is 191 Å². The van der Waals surface area contributed by atoms with Crippen LogP contribution in [0.1, 0.15) is 30.9 Å². The number of aromatic nitrogens is 5. The lowest BCUT2D eigenvalue weighted by Crippen LogP contribution is -2.46. The van der Waals surface area contributed by atoms with E-state index in [4.69, 9.17) is 4.98 Å². The second-order valence-electron chi connectivity index (χ2n) is 8.65. The average Bonchev–Trinajstić information content (AvgIpc) is 3.36. The summed E-state index contributed by atoms with van der Waals surface area (Å²) >= 11 is 1.70. The normalized spacial score (nSPS) is 17.4. The highest BCUT2D eigenvalue weighted by atomic mass is 32.1. The van der Waals surface area contributed by atoms with E-state index in [1.54, 1.807) is 17.7 Å². The summed E-state index contributed by atoms with van der Waals surface area (Å²) < 4.78 is 2.37. The minimum Gasteiger partial charge on any atom is -0.353 e. The minimum atomic E-state index is 0.883. The van der Waals surface area contributed by atoms with E-state index in [2.05, 4.69) is 65.3 Å². The molecule has 4 aromatic rings. The number of rotatable bonds is 4. The molecule has 1 aromatic carbocycles. The number of anilines is 1. The fraction of sp³-hybridized carbons (Fsp3) is 0.417. The van der Waals surface area contributed by atoms with E-state index in [1.165, 1.54) is 41.6 Å². The molecule has 2 aliphatic rings. The fourth-order valence-corrected chi connectivity index (χ4v) is 5.82. The number of aryl methyl sites for hydroxylation is 1. The molecule has 1 saturated heterocycles. The maximum absolute atomic E-state index is 4.73. The summed E-state index contributed by atoms with van der Waals surface area (Å²) in [6.45, 7) is 5.86. The molecule has 32 heavy (non-hydrogen) atoms. The highest BCUT2D eigenvalue weighted by Crippen LogP contribution is 2.38. The summed E-state index contributed by atoms with van der Waals surface area (Å²) in [7, 11) is 0. The van der Waals surface area contributed by atoms with Crippen molar-refractivity contribution in [1.29, 1.82) is 0 Å². The van der Waals surface area contributed by atoms with Gasteiger partial charge in [-0.2, -0.15) is 0 Å². The standard InChI is InChI=1S/C24H27N7S/c1-3-7-18(8-4-1)19-16-32-24-22(19)23(25-17-26-24)30-13-11-29(12-14-30)15-21-28-27-20-9-5-2-6-10-31(20)21/h1,3-4,7-8,16-17H,2,5-6,9-15H2. The van der Waals surface area contributed by atoms with Crippen molar-refractivity contribution in [2.24, 2.45) is 0 Å². The van der Waals surface area contributed by atoms with Crippen molar-refractivity contribution in [3.05, 3.63) is 53.7 Å². The predicted octanol–water partition coefficient (Wildman–Crippen LogP) is 4.00. The Morgan fingerprint density at radius 2 is 1.75 bits per heavy atom. The molecule has 7 nitrogen and oxygen atoms in total. The second-order valence-corrected chi connectivity index (χ2v) is 9.51. The molecule has 3 aromatic heterocycles. The first-order valence-corrected chi connectivity index (χ1v) is 12.4. The maximum Gasteiger partial charge on any atom is 0.147 e. The van der Waals surface area contributed by atoms with Crippen molar-refractivity contribution >= 4 is 27.4 Å². The first-order chi connectivity index (χ1) is 15.9. The van der Waals surface area contributed by atoms with Crippen LogP contribution in [0.2, 0.25) is 0 Å². The SMILES string of the molecule is c1ccc(-c2csc3ncnc(N4CCN(Cc5nnc6n5CCCCC6)CC4)c23)cc1. The van der Waals surface area contributed by atoms with Crippen LogP contribution in [-0.2, 0) is 19.5 Å². The Balaban J connectivity index is 1.21. The Kier molecular flexibility index (Phi) is 5.32. The number of thiophene rings is 1. The molecule has 0 bridgehead atoms. The van der Waals surface area contributed by atoms with Crippen molar-refractivity contribution in [2.75, 3.05) is 31.1 Å². The van der Waals surface area contributed by atoms with Gasteiger partial charge in [0.05, 0.1) is 11.9 Å². The van der Waals surface area contributed by atoms with Gasteiger partial charge in [0.1, 0.15) is 28.6 Å². The number of piperazine rings is 1. The van der Waals surface area contributed by atoms with Gasteiger partial charge in [0.15, 0.2) is 0 Å². The zero-order valence-corrected chi connectivity index (χ0v) is 19.0. The Morgan fingerprint density at radius 1 is 0.875 bits per heavy atom. The van der Waals surface area contributed by atoms with Crippen LogP contribution in [0.4, 0.5) is 5.82 Å². The molecule has 1 fully saturated rings. The summed E-state index contributed by atoms with van der Waals surface area (Å²) in [5.74, 6) is 3.36. The van der Waals surface area contributed by atoms with E-state index >= 15 is 0 Å². The Bertz CT molecular complexity index is 1210. The monoisotopic (exact) mass is 445 g/mol. The van der Waals surface area contributed by atoms with Crippen LogP contribution in [-0.4, -0.2) is 55.8 Å². The van der Waals surface area contributed by atoms with Gasteiger partial charge in [-0.05, 0) is 18.4 Å². The Hall–Kier alpha value is -2.84. The first-order valence-electron chi connectivity index (χ1n) is 11.5. The predicted molar refractivity (Wildman–Crippen MR) is 128 cm³/mol. The summed E-state index contributed by atoms with van der Waals surface area (Å²) in [6.07, 6.45) is 6.54. The fourth-order valence-electron chi connectivity index (χ4n) is 4.91. The number of hydrogen-bond donors (Lipinski definition) is 0. The summed E-state index contributed by atoms with van der Waals surface area (Å²) in [4.78, 5) is 15.3. The summed E-state index contributed by atoms with van der Waals surface area (Å²) in [5.41, 5.74) is 2.45. The van der Waals surface area contributed by atoms with Crippen LogP contribution in [0.3, 0.4) is 0 Å². The number of nitrogens with zero attached hydrogens (tertiary/aromatic N) is 7. The zero-order chi connectivity index (χ0) is 21.3. The molecule has 0 spiro atoms. The molecule has 6 rings (SSSR count). The first kappa shape index (κ1) is 19.8. The van der Waals surface area contributed by atoms with E-state index in [0.29, 0.717) is 0 Å². The van der Waals surface area contributed by atoms with Crippen LogP contribution < -0.4 is 4.90 Å². The van der Waals surface area contributed by atoms with Crippen LogP contribution in [0.5, 0.6) is 0 Å². The molecular formula is C24H27N7S. The topological polar surface area (TPSA) is 63.0 Å². The van der Waals surface area contributed by atoms with Crippen LogP contribution >= 0.6 is 11.3 Å². The molecule has 2 aliphatic heterocycles. The lowest BCUT2D eigenvalue weighted by atomic mass is 10.1. The van der Waals surface area contributed by atoms with Gasteiger partial charge in [0.25, 0.3) is 0 Å². The molecule has 0 saturated carbocycles. The van der Waals surface area contributed by atoms with Crippen molar-refractivity contribution in [1.82, 2.24) is 29.6 Å². The lowest BCUT2D eigenvalue weighted by molar-refractivity contribution is 0.239. The molecule has 0 radical (unpaired) electrons. The van der Waals surface area contributed by atoms with Gasteiger partial charge in [-0.15, -0.1) is 21.5 Å². The third-order valence-electron chi connectivity index (χ3n) is 6.66. The number of hydrogen-bond acceptors (Lipinski definition) is 7. The highest BCUT2D eigenvalue weighted by Gasteiger charge is 2.24. The van der Waals surface area contributed by atoms with Gasteiger partial charge in [-0.25, -0.2) is 9.97 Å². The molecule has 0 aliphatic carbocycles. The average molecular weight is 446 g/mol. The van der Waals surface area contributed by atoms with E-state index < -0.39 is 0 Å². The van der Waals surface area contributed by atoms with Gasteiger partial charge in [-0.3, -0.25) is 4.90 Å². The van der Waals surface area contributed by atoms with E-state index in [9.17, 15) is 0 Å². The number of benzene rings is 1. The van der Waals surface area contributed by atoms with Crippen molar-refractivity contribution in [3.63, 3.8) is 0 Å². The maximum atomic E-state index is 4.73. The quantitative estimate of drug-likeness (QED) is 0.473. The van der Waals surface area contributed by atoms with Gasteiger partial charge in [0, 0.05) is 50.1 Å². The van der Waals surface area contributed by atoms with E-state index in [1.807, 2.05) is 0 Å². The van der Waals surface area contributed by atoms with E-state index in [0.717, 1.165) is 62.2 Å². The van der Waals surface area contributed by atoms with Gasteiger partial charge >= 0.3 is 0 Å².